The van der Waals surface area contributed by atoms with E-state index in [0.29, 0.717) is 17.3 Å². The van der Waals surface area contributed by atoms with Crippen molar-refractivity contribution in [2.45, 2.75) is 37.9 Å². The van der Waals surface area contributed by atoms with Crippen LogP contribution in [0.5, 0.6) is 0 Å². The fourth-order valence-corrected chi connectivity index (χ4v) is 4.53. The van der Waals surface area contributed by atoms with E-state index in [1.54, 1.807) is 0 Å². The Morgan fingerprint density at radius 1 is 1.26 bits per heavy atom. The number of imidazole rings is 1. The molecule has 1 aromatic heterocycles. The van der Waals surface area contributed by atoms with Crippen LogP contribution in [-0.2, 0) is 9.53 Å². The van der Waals surface area contributed by atoms with E-state index in [1.165, 1.54) is 17.3 Å². The molecular weight excluding hydrogens is 430 g/mol. The van der Waals surface area contributed by atoms with Gasteiger partial charge in [0.25, 0.3) is 0 Å². The van der Waals surface area contributed by atoms with Crippen LogP contribution in [0.3, 0.4) is 0 Å². The number of nitrogens with one attached hydrogen (secondary N) is 1. The lowest BCUT2D eigenvalue weighted by Crippen LogP contribution is -2.32. The molecule has 0 saturated carbocycles. The van der Waals surface area contributed by atoms with E-state index in [2.05, 4.69) is 41.9 Å². The van der Waals surface area contributed by atoms with Gasteiger partial charge in [-0.3, -0.25) is 9.36 Å². The third-order valence-corrected chi connectivity index (χ3v) is 6.53. The summed E-state index contributed by atoms with van der Waals surface area (Å²) in [5.74, 6) is 0.290. The summed E-state index contributed by atoms with van der Waals surface area (Å²) in [7, 11) is 0. The normalized spacial score (nSPS) is 15.9. The number of aromatic nitrogens is 2. The molecule has 0 radical (unpaired) electrons. The summed E-state index contributed by atoms with van der Waals surface area (Å²) >= 11 is 7.49. The molecule has 5 nitrogen and oxygen atoms in total. The van der Waals surface area contributed by atoms with Crippen LogP contribution in [0.2, 0.25) is 5.02 Å². The molecule has 162 valence electrons. The monoisotopic (exact) mass is 455 g/mol. The number of hydrogen-bond donors (Lipinski definition) is 1. The Morgan fingerprint density at radius 2 is 2.06 bits per heavy atom. The maximum atomic E-state index is 12.4. The summed E-state index contributed by atoms with van der Waals surface area (Å²) in [5, 5.41) is 4.46. The standard InChI is InChI=1S/C24H26ClN3O2S/c1-16-5-6-17(2)22(12-16)28-14-21(18-7-9-19(25)10-8-18)27-24(28)31-15-23(29)26-13-20-4-3-11-30-20/h5-10,12,14,20H,3-4,11,13,15H2,1-2H3,(H,26,29)/t20-/m0/s1. The Labute approximate surface area is 192 Å². The Balaban J connectivity index is 1.56. The van der Waals surface area contributed by atoms with E-state index in [-0.39, 0.29) is 12.0 Å². The zero-order valence-electron chi connectivity index (χ0n) is 17.7. The molecule has 0 aliphatic carbocycles. The first-order valence-electron chi connectivity index (χ1n) is 10.4. The molecule has 1 aliphatic rings. The summed E-state index contributed by atoms with van der Waals surface area (Å²) in [6.07, 6.45) is 4.24. The van der Waals surface area contributed by atoms with Gasteiger partial charge in [-0.05, 0) is 56.0 Å². The number of aryl methyl sites for hydroxylation is 2. The van der Waals surface area contributed by atoms with E-state index in [1.807, 2.05) is 30.5 Å². The predicted molar refractivity (Wildman–Crippen MR) is 126 cm³/mol. The molecule has 1 atom stereocenters. The topological polar surface area (TPSA) is 56.2 Å². The minimum Gasteiger partial charge on any atom is -0.376 e. The van der Waals surface area contributed by atoms with Gasteiger partial charge in [0.2, 0.25) is 5.91 Å². The maximum absolute atomic E-state index is 12.4. The lowest BCUT2D eigenvalue weighted by Gasteiger charge is -2.12. The van der Waals surface area contributed by atoms with Crippen molar-refractivity contribution in [2.24, 2.45) is 0 Å². The van der Waals surface area contributed by atoms with Crippen molar-refractivity contribution in [3.8, 4) is 16.9 Å². The highest BCUT2D eigenvalue weighted by Gasteiger charge is 2.18. The van der Waals surface area contributed by atoms with Gasteiger partial charge in [-0.2, -0.15) is 0 Å². The molecule has 0 spiro atoms. The fraction of sp³-hybridized carbons (Fsp3) is 0.333. The molecule has 1 amide bonds. The number of nitrogens with zero attached hydrogens (tertiary/aromatic N) is 2. The van der Waals surface area contributed by atoms with Crippen molar-refractivity contribution in [2.75, 3.05) is 18.9 Å². The van der Waals surface area contributed by atoms with E-state index >= 15 is 0 Å². The number of ether oxygens (including phenoxy) is 1. The second-order valence-corrected chi connectivity index (χ2v) is 9.18. The first-order valence-corrected chi connectivity index (χ1v) is 11.8. The zero-order valence-corrected chi connectivity index (χ0v) is 19.3. The number of carbonyl (C=O) groups excluding carboxylic acids is 1. The smallest absolute Gasteiger partial charge is 0.230 e. The summed E-state index contributed by atoms with van der Waals surface area (Å²) in [5.41, 5.74) is 5.22. The SMILES string of the molecule is Cc1ccc(C)c(-n2cc(-c3ccc(Cl)cc3)nc2SCC(=O)NC[C@@H]2CCCO2)c1. The first kappa shape index (κ1) is 21.9. The molecule has 1 aliphatic heterocycles. The van der Waals surface area contributed by atoms with Crippen LogP contribution in [0.15, 0.2) is 53.8 Å². The highest BCUT2D eigenvalue weighted by molar-refractivity contribution is 7.99. The van der Waals surface area contributed by atoms with Gasteiger partial charge in [0.1, 0.15) is 0 Å². The van der Waals surface area contributed by atoms with Gasteiger partial charge >= 0.3 is 0 Å². The molecule has 0 unspecified atom stereocenters. The van der Waals surface area contributed by atoms with Gasteiger partial charge in [-0.1, -0.05) is 47.6 Å². The van der Waals surface area contributed by atoms with Crippen molar-refractivity contribution in [1.82, 2.24) is 14.9 Å². The molecule has 4 rings (SSSR count). The number of amides is 1. The van der Waals surface area contributed by atoms with Gasteiger partial charge in [-0.15, -0.1) is 0 Å². The van der Waals surface area contributed by atoms with Crippen molar-refractivity contribution >= 4 is 29.3 Å². The summed E-state index contributed by atoms with van der Waals surface area (Å²) in [6, 6.07) is 14.0. The Bertz CT molecular complexity index is 1060. The molecule has 31 heavy (non-hydrogen) atoms. The Morgan fingerprint density at radius 3 is 2.81 bits per heavy atom. The van der Waals surface area contributed by atoms with Gasteiger partial charge in [-0.25, -0.2) is 4.98 Å². The molecule has 1 saturated heterocycles. The lowest BCUT2D eigenvalue weighted by atomic mass is 10.1. The molecule has 3 aromatic rings. The lowest BCUT2D eigenvalue weighted by molar-refractivity contribution is -0.119. The van der Waals surface area contributed by atoms with Gasteiger partial charge < -0.3 is 10.1 Å². The van der Waals surface area contributed by atoms with Crippen LogP contribution in [0, 0.1) is 13.8 Å². The minimum atomic E-state index is -0.0101. The number of hydrogen-bond acceptors (Lipinski definition) is 4. The second-order valence-electron chi connectivity index (χ2n) is 7.80. The molecule has 1 N–H and O–H groups in total. The van der Waals surface area contributed by atoms with Gasteiger partial charge in [0.05, 0.1) is 23.2 Å². The number of thioether (sulfide) groups is 1. The Hall–Kier alpha value is -2.28. The molecule has 7 heteroatoms. The van der Waals surface area contributed by atoms with Crippen molar-refractivity contribution < 1.29 is 9.53 Å². The average Bonchev–Trinajstić information content (AvgIpc) is 3.43. The van der Waals surface area contributed by atoms with Crippen LogP contribution in [0.1, 0.15) is 24.0 Å². The van der Waals surface area contributed by atoms with Crippen LogP contribution >= 0.6 is 23.4 Å². The molecule has 1 fully saturated rings. The van der Waals surface area contributed by atoms with Crippen LogP contribution < -0.4 is 5.32 Å². The quantitative estimate of drug-likeness (QED) is 0.497. The van der Waals surface area contributed by atoms with E-state index in [9.17, 15) is 4.79 Å². The highest BCUT2D eigenvalue weighted by atomic mass is 35.5. The third kappa shape index (κ3) is 5.50. The average molecular weight is 456 g/mol. The van der Waals surface area contributed by atoms with Crippen molar-refractivity contribution in [1.29, 1.82) is 0 Å². The highest BCUT2D eigenvalue weighted by Crippen LogP contribution is 2.29. The van der Waals surface area contributed by atoms with Crippen molar-refractivity contribution in [3.05, 3.63) is 64.8 Å². The fourth-order valence-electron chi connectivity index (χ4n) is 3.59. The van der Waals surface area contributed by atoms with Gasteiger partial charge in [0, 0.05) is 29.9 Å². The predicted octanol–water partition coefficient (Wildman–Crippen LogP) is 5.20. The Kier molecular flexibility index (Phi) is 7.00. The molecule has 0 bridgehead atoms. The summed E-state index contributed by atoms with van der Waals surface area (Å²) in [6.45, 7) is 5.52. The summed E-state index contributed by atoms with van der Waals surface area (Å²) in [4.78, 5) is 17.3. The minimum absolute atomic E-state index is 0.0101. The number of carbonyl (C=O) groups is 1. The molecular formula is C24H26ClN3O2S. The number of rotatable bonds is 7. The molecule has 2 aromatic carbocycles. The third-order valence-electron chi connectivity index (χ3n) is 5.32. The van der Waals surface area contributed by atoms with Crippen LogP contribution in [0.25, 0.3) is 16.9 Å². The summed E-state index contributed by atoms with van der Waals surface area (Å²) < 4.78 is 7.65. The number of halogens is 1. The number of benzene rings is 2. The molecule has 2 heterocycles. The first-order chi connectivity index (χ1) is 15.0. The van der Waals surface area contributed by atoms with E-state index in [4.69, 9.17) is 21.3 Å². The zero-order chi connectivity index (χ0) is 21.8. The van der Waals surface area contributed by atoms with E-state index in [0.717, 1.165) is 47.1 Å². The largest absolute Gasteiger partial charge is 0.376 e. The van der Waals surface area contributed by atoms with Gasteiger partial charge in [0.15, 0.2) is 5.16 Å². The maximum Gasteiger partial charge on any atom is 0.230 e. The van der Waals surface area contributed by atoms with Crippen molar-refractivity contribution in [3.63, 3.8) is 0 Å². The van der Waals surface area contributed by atoms with Crippen LogP contribution in [0.4, 0.5) is 0 Å². The second kappa shape index (κ2) is 9.90. The van der Waals surface area contributed by atoms with E-state index < -0.39 is 0 Å². The van der Waals surface area contributed by atoms with Crippen LogP contribution in [-0.4, -0.2) is 40.5 Å².